The van der Waals surface area contributed by atoms with Gasteiger partial charge in [0.2, 0.25) is 5.91 Å². The van der Waals surface area contributed by atoms with E-state index in [2.05, 4.69) is 0 Å². The van der Waals surface area contributed by atoms with Crippen LogP contribution in [-0.4, -0.2) is 34.5 Å². The summed E-state index contributed by atoms with van der Waals surface area (Å²) >= 11 is 12.5. The summed E-state index contributed by atoms with van der Waals surface area (Å²) in [7, 11) is 0. The van der Waals surface area contributed by atoms with Gasteiger partial charge in [-0.2, -0.15) is 0 Å². The Balaban J connectivity index is 1.94. The molecule has 3 aliphatic rings. The van der Waals surface area contributed by atoms with Crippen LogP contribution in [0.1, 0.15) is 19.8 Å². The van der Waals surface area contributed by atoms with Gasteiger partial charge in [-0.15, -0.1) is 23.2 Å². The predicted octanol–water partition coefficient (Wildman–Crippen LogP) is 1.78. The van der Waals surface area contributed by atoms with E-state index in [-0.39, 0.29) is 17.9 Å². The van der Waals surface area contributed by atoms with Crippen LogP contribution >= 0.6 is 23.2 Å². The first-order valence-corrected chi connectivity index (χ1v) is 6.08. The Morgan fingerprint density at radius 3 is 2.87 bits per heavy atom. The second-order valence-electron chi connectivity index (χ2n) is 4.69. The molecular formula is C10H13Cl2NO2. The van der Waals surface area contributed by atoms with Crippen LogP contribution in [-0.2, 0) is 9.53 Å². The Morgan fingerprint density at radius 2 is 2.33 bits per heavy atom. The molecule has 5 heteroatoms. The number of alkyl halides is 2. The van der Waals surface area contributed by atoms with Gasteiger partial charge < -0.3 is 9.64 Å². The summed E-state index contributed by atoms with van der Waals surface area (Å²) < 4.78 is 4.41. The molecule has 0 aromatic carbocycles. The first-order chi connectivity index (χ1) is 7.05. The fourth-order valence-corrected chi connectivity index (χ4v) is 4.45. The van der Waals surface area contributed by atoms with Crippen molar-refractivity contribution < 1.29 is 9.53 Å². The maximum absolute atomic E-state index is 12.2. The van der Waals surface area contributed by atoms with Crippen LogP contribution in [0.5, 0.6) is 0 Å². The van der Waals surface area contributed by atoms with Crippen LogP contribution in [0.3, 0.4) is 0 Å². The predicted molar refractivity (Wildman–Crippen MR) is 56.7 cm³/mol. The lowest BCUT2D eigenvalue weighted by molar-refractivity contribution is -0.134. The highest BCUT2D eigenvalue weighted by atomic mass is 35.5. The molecule has 1 spiro atoms. The Hall–Kier alpha value is 0.01000. The van der Waals surface area contributed by atoms with Crippen molar-refractivity contribution in [2.24, 2.45) is 11.3 Å². The van der Waals surface area contributed by atoms with Crippen LogP contribution in [0, 0.1) is 11.3 Å². The SMILES string of the molecule is CC[C@@H]1C(Cl)(Cl)C12CC1COCN1C2=O. The molecule has 84 valence electrons. The summed E-state index contributed by atoms with van der Waals surface area (Å²) in [5, 5.41) is 0. The summed E-state index contributed by atoms with van der Waals surface area (Å²) in [5.74, 6) is 0.216. The third kappa shape index (κ3) is 0.955. The molecule has 3 fully saturated rings. The van der Waals surface area contributed by atoms with E-state index in [0.29, 0.717) is 13.3 Å². The first-order valence-electron chi connectivity index (χ1n) is 5.32. The van der Waals surface area contributed by atoms with E-state index in [1.165, 1.54) is 0 Å². The van der Waals surface area contributed by atoms with Crippen molar-refractivity contribution in [3.63, 3.8) is 0 Å². The highest BCUT2D eigenvalue weighted by Crippen LogP contribution is 2.75. The lowest BCUT2D eigenvalue weighted by atomic mass is 9.98. The molecule has 1 saturated carbocycles. The van der Waals surface area contributed by atoms with Gasteiger partial charge in [0.05, 0.1) is 18.1 Å². The van der Waals surface area contributed by atoms with Crippen molar-refractivity contribution in [3.8, 4) is 0 Å². The van der Waals surface area contributed by atoms with E-state index >= 15 is 0 Å². The van der Waals surface area contributed by atoms with Gasteiger partial charge in [-0.3, -0.25) is 4.79 Å². The van der Waals surface area contributed by atoms with Crippen molar-refractivity contribution in [1.29, 1.82) is 0 Å². The second kappa shape index (κ2) is 2.82. The molecule has 2 saturated heterocycles. The number of halogens is 2. The summed E-state index contributed by atoms with van der Waals surface area (Å²) in [6, 6.07) is 0.200. The lowest BCUT2D eigenvalue weighted by Gasteiger charge is -2.12. The number of ether oxygens (including phenoxy) is 1. The molecule has 0 aromatic rings. The molecule has 3 rings (SSSR count). The van der Waals surface area contributed by atoms with Crippen LogP contribution < -0.4 is 0 Å². The van der Waals surface area contributed by atoms with E-state index in [0.717, 1.165) is 12.8 Å². The maximum atomic E-state index is 12.2. The molecule has 15 heavy (non-hydrogen) atoms. The van der Waals surface area contributed by atoms with Crippen molar-refractivity contribution in [2.75, 3.05) is 13.3 Å². The number of carbonyl (C=O) groups is 1. The molecule has 2 unspecified atom stereocenters. The van der Waals surface area contributed by atoms with Gasteiger partial charge in [-0.1, -0.05) is 6.92 Å². The first kappa shape index (κ1) is 10.2. The molecule has 0 N–H and O–H groups in total. The molecule has 3 atom stereocenters. The third-order valence-corrected chi connectivity index (χ3v) is 5.33. The Labute approximate surface area is 98.6 Å². The Morgan fingerprint density at radius 1 is 1.60 bits per heavy atom. The summed E-state index contributed by atoms with van der Waals surface area (Å²) in [6.45, 7) is 3.07. The van der Waals surface area contributed by atoms with E-state index in [9.17, 15) is 4.79 Å². The normalized spacial score (nSPS) is 46.3. The third-order valence-electron chi connectivity index (χ3n) is 4.13. The van der Waals surface area contributed by atoms with Gasteiger partial charge >= 0.3 is 0 Å². The summed E-state index contributed by atoms with van der Waals surface area (Å²) in [4.78, 5) is 14.0. The molecule has 0 bridgehead atoms. The van der Waals surface area contributed by atoms with Crippen LogP contribution in [0.4, 0.5) is 0 Å². The second-order valence-corrected chi connectivity index (χ2v) is 6.07. The quantitative estimate of drug-likeness (QED) is 0.664. The fraction of sp³-hybridized carbons (Fsp3) is 0.900. The average Bonchev–Trinajstić information content (AvgIpc) is 2.58. The minimum Gasteiger partial charge on any atom is -0.359 e. The van der Waals surface area contributed by atoms with Gasteiger partial charge in [0, 0.05) is 5.92 Å². The zero-order chi connectivity index (χ0) is 10.8. The Bertz CT molecular complexity index is 333. The number of amides is 1. The lowest BCUT2D eigenvalue weighted by Crippen LogP contribution is -2.31. The van der Waals surface area contributed by atoms with Crippen molar-refractivity contribution in [2.45, 2.75) is 30.1 Å². The number of nitrogens with zero attached hydrogens (tertiary/aromatic N) is 1. The zero-order valence-corrected chi connectivity index (χ0v) is 10.0. The molecule has 3 nitrogen and oxygen atoms in total. The summed E-state index contributed by atoms with van der Waals surface area (Å²) in [5.41, 5.74) is -0.501. The highest BCUT2D eigenvalue weighted by molar-refractivity contribution is 6.53. The molecule has 1 aliphatic carbocycles. The number of rotatable bonds is 1. The summed E-state index contributed by atoms with van der Waals surface area (Å²) in [6.07, 6.45) is 1.62. The number of fused-ring (bicyclic) bond motifs is 1. The van der Waals surface area contributed by atoms with Crippen LogP contribution in [0.2, 0.25) is 0 Å². The van der Waals surface area contributed by atoms with E-state index in [1.807, 2.05) is 6.92 Å². The fourth-order valence-electron chi connectivity index (χ4n) is 3.30. The highest BCUT2D eigenvalue weighted by Gasteiger charge is 2.82. The molecule has 1 amide bonds. The van der Waals surface area contributed by atoms with Gasteiger partial charge in [-0.05, 0) is 12.8 Å². The van der Waals surface area contributed by atoms with Crippen molar-refractivity contribution in [3.05, 3.63) is 0 Å². The van der Waals surface area contributed by atoms with Gasteiger partial charge in [0.1, 0.15) is 11.1 Å². The molecular weight excluding hydrogens is 237 g/mol. The molecule has 0 radical (unpaired) electrons. The van der Waals surface area contributed by atoms with E-state index in [1.54, 1.807) is 4.90 Å². The zero-order valence-electron chi connectivity index (χ0n) is 8.50. The van der Waals surface area contributed by atoms with E-state index in [4.69, 9.17) is 27.9 Å². The number of hydrogen-bond acceptors (Lipinski definition) is 2. The van der Waals surface area contributed by atoms with Gasteiger partial charge in [-0.25, -0.2) is 0 Å². The van der Waals surface area contributed by atoms with Crippen LogP contribution in [0.15, 0.2) is 0 Å². The van der Waals surface area contributed by atoms with Crippen LogP contribution in [0.25, 0.3) is 0 Å². The van der Waals surface area contributed by atoms with Gasteiger partial charge in [0.15, 0.2) is 0 Å². The largest absolute Gasteiger partial charge is 0.359 e. The average molecular weight is 250 g/mol. The minimum atomic E-state index is -0.844. The smallest absolute Gasteiger partial charge is 0.234 e. The monoisotopic (exact) mass is 249 g/mol. The number of carbonyl (C=O) groups excluding carboxylic acids is 1. The Kier molecular flexibility index (Phi) is 1.91. The molecule has 0 aromatic heterocycles. The molecule has 2 heterocycles. The van der Waals surface area contributed by atoms with Gasteiger partial charge in [0.25, 0.3) is 0 Å². The van der Waals surface area contributed by atoms with E-state index < -0.39 is 9.75 Å². The minimum absolute atomic E-state index is 0.0989. The topological polar surface area (TPSA) is 29.5 Å². The standard InChI is InChI=1S/C10H13Cl2NO2/c1-2-7-9(10(7,11)12)3-6-4-15-5-13(6)8(9)14/h6-7H,2-5H2,1H3/t6?,7-,9?/m0/s1. The molecule has 2 aliphatic heterocycles. The van der Waals surface area contributed by atoms with Crippen molar-refractivity contribution in [1.82, 2.24) is 4.90 Å². The maximum Gasteiger partial charge on any atom is 0.234 e. The van der Waals surface area contributed by atoms with Crippen molar-refractivity contribution >= 4 is 29.1 Å². The number of hydrogen-bond donors (Lipinski definition) is 0.